The third kappa shape index (κ3) is 6.99. The summed E-state index contributed by atoms with van der Waals surface area (Å²) in [5.41, 5.74) is 0.334. The van der Waals surface area contributed by atoms with E-state index in [-0.39, 0.29) is 34.5 Å². The fourth-order valence-electron chi connectivity index (χ4n) is 4.01. The molecule has 1 atom stereocenters. The number of halogens is 2. The van der Waals surface area contributed by atoms with Gasteiger partial charge in [-0.1, -0.05) is 74.1 Å². The van der Waals surface area contributed by atoms with Crippen LogP contribution in [0.25, 0.3) is 0 Å². The van der Waals surface area contributed by atoms with Gasteiger partial charge in [-0.25, -0.2) is 0 Å². The van der Waals surface area contributed by atoms with Crippen LogP contribution in [0.3, 0.4) is 0 Å². The van der Waals surface area contributed by atoms with Crippen LogP contribution in [-0.4, -0.2) is 38.4 Å². The number of aromatic nitrogens is 3. The Morgan fingerprint density at radius 1 is 1.24 bits per heavy atom. The smallest absolute Gasteiger partial charge is 0.253 e. The highest BCUT2D eigenvalue weighted by Crippen LogP contribution is 2.27. The largest absolute Gasteiger partial charge is 0.353 e. The SMILES string of the molecule is C=CCn1c(SCC(=O)NC2CCCCC2)nnc1[C@H](NC(=O)c1ccc(Cl)cc1Cl)C(C)C. The molecule has 184 valence electrons. The summed E-state index contributed by atoms with van der Waals surface area (Å²) < 4.78 is 1.89. The van der Waals surface area contributed by atoms with Crippen LogP contribution in [0.2, 0.25) is 10.0 Å². The van der Waals surface area contributed by atoms with Gasteiger partial charge in [-0.05, 0) is 37.0 Å². The number of carbonyl (C=O) groups is 2. The van der Waals surface area contributed by atoms with E-state index in [2.05, 4.69) is 27.4 Å². The molecule has 1 heterocycles. The number of nitrogens with one attached hydrogen (secondary N) is 2. The number of hydrogen-bond acceptors (Lipinski definition) is 5. The summed E-state index contributed by atoms with van der Waals surface area (Å²) in [6.45, 7) is 8.28. The van der Waals surface area contributed by atoms with E-state index in [0.717, 1.165) is 12.8 Å². The van der Waals surface area contributed by atoms with Crippen molar-refractivity contribution in [3.63, 3.8) is 0 Å². The number of thioether (sulfide) groups is 1. The third-order valence-electron chi connectivity index (χ3n) is 5.77. The first kappa shape index (κ1) is 26.6. The van der Waals surface area contributed by atoms with E-state index in [1.54, 1.807) is 18.2 Å². The lowest BCUT2D eigenvalue weighted by molar-refractivity contribution is -0.119. The second-order valence-electron chi connectivity index (χ2n) is 8.75. The van der Waals surface area contributed by atoms with E-state index in [0.29, 0.717) is 28.1 Å². The Bertz CT molecular complexity index is 1020. The summed E-state index contributed by atoms with van der Waals surface area (Å²) in [6.07, 6.45) is 7.40. The Labute approximate surface area is 215 Å². The highest BCUT2D eigenvalue weighted by Gasteiger charge is 2.27. The van der Waals surface area contributed by atoms with Crippen LogP contribution in [0.4, 0.5) is 0 Å². The van der Waals surface area contributed by atoms with Crippen LogP contribution in [0.1, 0.15) is 68.2 Å². The van der Waals surface area contributed by atoms with Crippen molar-refractivity contribution >= 4 is 46.8 Å². The minimum Gasteiger partial charge on any atom is -0.353 e. The van der Waals surface area contributed by atoms with Gasteiger partial charge in [-0.15, -0.1) is 16.8 Å². The van der Waals surface area contributed by atoms with E-state index in [1.807, 2.05) is 18.4 Å². The molecule has 0 bridgehead atoms. The van der Waals surface area contributed by atoms with Crippen molar-refractivity contribution in [1.29, 1.82) is 0 Å². The number of rotatable bonds is 10. The summed E-state index contributed by atoms with van der Waals surface area (Å²) in [7, 11) is 0. The summed E-state index contributed by atoms with van der Waals surface area (Å²) in [5, 5.41) is 16.2. The first-order chi connectivity index (χ1) is 16.3. The van der Waals surface area contributed by atoms with Crippen LogP contribution in [0, 0.1) is 5.92 Å². The Morgan fingerprint density at radius 2 is 1.97 bits per heavy atom. The minimum absolute atomic E-state index is 0.00213. The van der Waals surface area contributed by atoms with Gasteiger partial charge in [0.15, 0.2) is 11.0 Å². The Morgan fingerprint density at radius 3 is 2.62 bits per heavy atom. The molecule has 0 saturated heterocycles. The number of carbonyl (C=O) groups excluding carboxylic acids is 2. The summed E-state index contributed by atoms with van der Waals surface area (Å²) >= 11 is 13.5. The highest BCUT2D eigenvalue weighted by molar-refractivity contribution is 7.99. The molecule has 0 unspecified atom stereocenters. The van der Waals surface area contributed by atoms with Gasteiger partial charge in [-0.3, -0.25) is 9.59 Å². The molecule has 1 aliphatic rings. The molecule has 0 radical (unpaired) electrons. The van der Waals surface area contributed by atoms with Gasteiger partial charge in [0, 0.05) is 17.6 Å². The molecule has 7 nitrogen and oxygen atoms in total. The molecular formula is C24H31Cl2N5O2S. The van der Waals surface area contributed by atoms with Crippen LogP contribution in [-0.2, 0) is 11.3 Å². The molecule has 1 fully saturated rings. The van der Waals surface area contributed by atoms with Gasteiger partial charge < -0.3 is 15.2 Å². The molecule has 34 heavy (non-hydrogen) atoms. The van der Waals surface area contributed by atoms with Crippen molar-refractivity contribution < 1.29 is 9.59 Å². The second-order valence-corrected chi connectivity index (χ2v) is 10.5. The standard InChI is InChI=1S/C24H31Cl2N5O2S/c1-4-12-31-22(21(15(2)3)28-23(33)18-11-10-16(25)13-19(18)26)29-30-24(31)34-14-20(32)27-17-8-6-5-7-9-17/h4,10-11,13,15,17,21H,1,5-9,12,14H2,2-3H3,(H,27,32)(H,28,33)/t21-/m1/s1. The van der Waals surface area contributed by atoms with Gasteiger partial charge in [0.05, 0.1) is 22.4 Å². The normalized spacial score (nSPS) is 15.2. The average Bonchev–Trinajstić information content (AvgIpc) is 3.18. The van der Waals surface area contributed by atoms with Gasteiger partial charge in [0.25, 0.3) is 5.91 Å². The topological polar surface area (TPSA) is 88.9 Å². The molecule has 1 aromatic carbocycles. The molecule has 10 heteroatoms. The Kier molecular flexibility index (Phi) is 9.85. The van der Waals surface area contributed by atoms with Gasteiger partial charge >= 0.3 is 0 Å². The van der Waals surface area contributed by atoms with Crippen LogP contribution in [0.15, 0.2) is 36.0 Å². The average molecular weight is 525 g/mol. The van der Waals surface area contributed by atoms with E-state index in [1.165, 1.54) is 37.1 Å². The van der Waals surface area contributed by atoms with E-state index >= 15 is 0 Å². The molecule has 1 saturated carbocycles. The quantitative estimate of drug-likeness (QED) is 0.319. The Balaban J connectivity index is 1.73. The molecule has 2 N–H and O–H groups in total. The second kappa shape index (κ2) is 12.6. The Hall–Kier alpha value is -2.03. The predicted octanol–water partition coefficient (Wildman–Crippen LogP) is 5.44. The number of amides is 2. The summed E-state index contributed by atoms with van der Waals surface area (Å²) in [5.74, 6) is 0.552. The minimum atomic E-state index is -0.419. The maximum Gasteiger partial charge on any atom is 0.253 e. The number of allylic oxidation sites excluding steroid dienone is 1. The van der Waals surface area contributed by atoms with Crippen LogP contribution >= 0.6 is 35.0 Å². The maximum absolute atomic E-state index is 13.0. The van der Waals surface area contributed by atoms with Crippen LogP contribution < -0.4 is 10.6 Å². The van der Waals surface area contributed by atoms with Crippen molar-refractivity contribution in [3.8, 4) is 0 Å². The molecule has 0 spiro atoms. The number of hydrogen-bond donors (Lipinski definition) is 2. The van der Waals surface area contributed by atoms with Crippen molar-refractivity contribution in [2.75, 3.05) is 5.75 Å². The molecule has 0 aliphatic heterocycles. The third-order valence-corrected chi connectivity index (χ3v) is 7.28. The van der Waals surface area contributed by atoms with Gasteiger partial charge in [0.1, 0.15) is 0 Å². The predicted molar refractivity (Wildman–Crippen MR) is 137 cm³/mol. The van der Waals surface area contributed by atoms with Crippen LogP contribution in [0.5, 0.6) is 0 Å². The molecule has 1 aliphatic carbocycles. The van der Waals surface area contributed by atoms with E-state index in [4.69, 9.17) is 23.2 Å². The van der Waals surface area contributed by atoms with Crippen molar-refractivity contribution in [3.05, 3.63) is 52.3 Å². The molecule has 2 aromatic rings. The first-order valence-corrected chi connectivity index (χ1v) is 13.3. The van der Waals surface area contributed by atoms with Crippen molar-refractivity contribution in [1.82, 2.24) is 25.4 Å². The fourth-order valence-corrected chi connectivity index (χ4v) is 5.27. The van der Waals surface area contributed by atoms with Crippen molar-refractivity contribution in [2.24, 2.45) is 5.92 Å². The molecule has 1 aromatic heterocycles. The maximum atomic E-state index is 13.0. The lowest BCUT2D eigenvalue weighted by atomic mass is 9.95. The zero-order valence-corrected chi connectivity index (χ0v) is 21.8. The zero-order chi connectivity index (χ0) is 24.7. The molecular weight excluding hydrogens is 493 g/mol. The van der Waals surface area contributed by atoms with Gasteiger partial charge in [-0.2, -0.15) is 0 Å². The van der Waals surface area contributed by atoms with E-state index in [9.17, 15) is 9.59 Å². The lowest BCUT2D eigenvalue weighted by Crippen LogP contribution is -2.37. The number of benzene rings is 1. The molecule has 3 rings (SSSR count). The number of nitrogens with zero attached hydrogens (tertiary/aromatic N) is 3. The first-order valence-electron chi connectivity index (χ1n) is 11.5. The van der Waals surface area contributed by atoms with Gasteiger partial charge in [0.2, 0.25) is 5.91 Å². The highest BCUT2D eigenvalue weighted by atomic mass is 35.5. The summed E-state index contributed by atoms with van der Waals surface area (Å²) in [6, 6.07) is 4.61. The monoisotopic (exact) mass is 523 g/mol. The zero-order valence-electron chi connectivity index (χ0n) is 19.5. The lowest BCUT2D eigenvalue weighted by Gasteiger charge is -2.23. The summed E-state index contributed by atoms with van der Waals surface area (Å²) in [4.78, 5) is 25.4. The molecule has 2 amide bonds. The van der Waals surface area contributed by atoms with E-state index < -0.39 is 6.04 Å². The van der Waals surface area contributed by atoms with Crippen molar-refractivity contribution in [2.45, 2.75) is 69.7 Å². The fraction of sp³-hybridized carbons (Fsp3) is 0.500.